The monoisotopic (exact) mass is 412 g/mol. The zero-order valence-corrected chi connectivity index (χ0v) is 17.1. The first-order chi connectivity index (χ1) is 14.6. The van der Waals surface area contributed by atoms with E-state index in [1.165, 1.54) is 12.1 Å². The van der Waals surface area contributed by atoms with Gasteiger partial charge >= 0.3 is 0 Å². The molecule has 6 nitrogen and oxygen atoms in total. The van der Waals surface area contributed by atoms with Gasteiger partial charge in [0, 0.05) is 30.6 Å². The molecule has 0 saturated carbocycles. The molecule has 2 heterocycles. The molecule has 1 aromatic heterocycles. The average molecular weight is 412 g/mol. The van der Waals surface area contributed by atoms with Gasteiger partial charge in [-0.05, 0) is 42.8 Å². The number of halogens is 1. The Labute approximate surface area is 174 Å². The molecule has 158 valence electrons. The molecule has 0 spiro atoms. The van der Waals surface area contributed by atoms with Crippen LogP contribution in [0.4, 0.5) is 4.39 Å². The minimum absolute atomic E-state index is 0.0803. The number of carbonyl (C=O) groups is 1. The zero-order chi connectivity index (χ0) is 21.1. The second kappa shape index (κ2) is 8.85. The largest absolute Gasteiger partial charge is 0.497 e. The van der Waals surface area contributed by atoms with E-state index in [0.717, 1.165) is 29.6 Å². The Balaban J connectivity index is 1.54. The predicted octanol–water partition coefficient (Wildman–Crippen LogP) is 3.69. The summed E-state index contributed by atoms with van der Waals surface area (Å²) in [6.45, 7) is 5.01. The number of aryl methyl sites for hydroxylation is 1. The topological polar surface area (TPSA) is 63.9 Å². The fourth-order valence-electron chi connectivity index (χ4n) is 3.85. The van der Waals surface area contributed by atoms with Gasteiger partial charge in [-0.1, -0.05) is 12.1 Å². The van der Waals surface area contributed by atoms with Crippen LogP contribution in [0.15, 0.2) is 46.9 Å². The van der Waals surface area contributed by atoms with Crippen LogP contribution in [-0.4, -0.2) is 50.8 Å². The highest BCUT2D eigenvalue weighted by Crippen LogP contribution is 2.29. The number of fused-ring (bicyclic) bond motifs is 1. The Morgan fingerprint density at radius 2 is 1.93 bits per heavy atom. The first-order valence-corrected chi connectivity index (χ1v) is 9.99. The SMILES string of the molecule is COc1ccc2oc(C(=O)NC[C@@H](c3ccc(F)cc3)N3CCOCC3)c(C)c2c1. The van der Waals surface area contributed by atoms with Gasteiger partial charge in [-0.25, -0.2) is 4.39 Å². The molecule has 1 aliphatic rings. The summed E-state index contributed by atoms with van der Waals surface area (Å²) in [6.07, 6.45) is 0. The van der Waals surface area contributed by atoms with Crippen LogP contribution in [0.5, 0.6) is 5.75 Å². The summed E-state index contributed by atoms with van der Waals surface area (Å²) in [5.74, 6) is 0.444. The van der Waals surface area contributed by atoms with Crippen molar-refractivity contribution in [1.29, 1.82) is 0 Å². The van der Waals surface area contributed by atoms with Crippen molar-refractivity contribution in [1.82, 2.24) is 10.2 Å². The van der Waals surface area contributed by atoms with E-state index in [9.17, 15) is 9.18 Å². The third-order valence-corrected chi connectivity index (χ3v) is 5.55. The van der Waals surface area contributed by atoms with Crippen molar-refractivity contribution in [3.8, 4) is 5.75 Å². The molecule has 3 aromatic rings. The van der Waals surface area contributed by atoms with Crippen LogP contribution < -0.4 is 10.1 Å². The van der Waals surface area contributed by atoms with Crippen LogP contribution in [-0.2, 0) is 4.74 Å². The molecule has 0 aliphatic carbocycles. The van der Waals surface area contributed by atoms with E-state index in [1.807, 2.05) is 13.0 Å². The third-order valence-electron chi connectivity index (χ3n) is 5.55. The Hall–Kier alpha value is -2.90. The van der Waals surface area contributed by atoms with E-state index in [1.54, 1.807) is 31.4 Å². The Morgan fingerprint density at radius 3 is 2.63 bits per heavy atom. The molecule has 1 saturated heterocycles. The van der Waals surface area contributed by atoms with Crippen LogP contribution in [0.2, 0.25) is 0 Å². The first kappa shape index (κ1) is 20.4. The van der Waals surface area contributed by atoms with Gasteiger partial charge < -0.3 is 19.2 Å². The van der Waals surface area contributed by atoms with Gasteiger partial charge in [0.15, 0.2) is 5.76 Å². The molecule has 1 atom stereocenters. The van der Waals surface area contributed by atoms with Crippen LogP contribution in [0.3, 0.4) is 0 Å². The van der Waals surface area contributed by atoms with Gasteiger partial charge in [0.25, 0.3) is 5.91 Å². The summed E-state index contributed by atoms with van der Waals surface area (Å²) in [6, 6.07) is 11.8. The second-order valence-electron chi connectivity index (χ2n) is 7.34. The molecule has 0 radical (unpaired) electrons. The Morgan fingerprint density at radius 1 is 1.20 bits per heavy atom. The maximum absolute atomic E-state index is 13.4. The van der Waals surface area contributed by atoms with E-state index in [-0.39, 0.29) is 23.5 Å². The van der Waals surface area contributed by atoms with Crippen molar-refractivity contribution < 1.29 is 23.1 Å². The van der Waals surface area contributed by atoms with E-state index in [0.29, 0.717) is 31.1 Å². The number of nitrogens with zero attached hydrogens (tertiary/aromatic N) is 1. The minimum Gasteiger partial charge on any atom is -0.497 e. The summed E-state index contributed by atoms with van der Waals surface area (Å²) in [5.41, 5.74) is 2.36. The molecule has 30 heavy (non-hydrogen) atoms. The second-order valence-corrected chi connectivity index (χ2v) is 7.34. The van der Waals surface area contributed by atoms with Gasteiger partial charge in [-0.3, -0.25) is 9.69 Å². The smallest absolute Gasteiger partial charge is 0.287 e. The van der Waals surface area contributed by atoms with E-state index in [4.69, 9.17) is 13.9 Å². The lowest BCUT2D eigenvalue weighted by atomic mass is 10.0. The van der Waals surface area contributed by atoms with Crippen molar-refractivity contribution >= 4 is 16.9 Å². The van der Waals surface area contributed by atoms with Gasteiger partial charge in [0.05, 0.1) is 26.4 Å². The lowest BCUT2D eigenvalue weighted by molar-refractivity contribution is 0.0161. The molecule has 0 unspecified atom stereocenters. The number of rotatable bonds is 6. The highest BCUT2D eigenvalue weighted by molar-refractivity contribution is 5.99. The molecular weight excluding hydrogens is 387 g/mol. The van der Waals surface area contributed by atoms with Crippen LogP contribution in [0.1, 0.15) is 27.7 Å². The van der Waals surface area contributed by atoms with Crippen molar-refractivity contribution in [3.63, 3.8) is 0 Å². The molecule has 1 fully saturated rings. The molecule has 1 N–H and O–H groups in total. The summed E-state index contributed by atoms with van der Waals surface area (Å²) < 4.78 is 29.9. The molecule has 1 aliphatic heterocycles. The lowest BCUT2D eigenvalue weighted by Crippen LogP contribution is -2.43. The predicted molar refractivity (Wildman–Crippen MR) is 111 cm³/mol. The highest BCUT2D eigenvalue weighted by atomic mass is 19.1. The summed E-state index contributed by atoms with van der Waals surface area (Å²) in [7, 11) is 1.60. The van der Waals surface area contributed by atoms with Crippen LogP contribution in [0, 0.1) is 12.7 Å². The van der Waals surface area contributed by atoms with E-state index >= 15 is 0 Å². The van der Waals surface area contributed by atoms with E-state index in [2.05, 4.69) is 10.2 Å². The number of carbonyl (C=O) groups excluding carboxylic acids is 1. The summed E-state index contributed by atoms with van der Waals surface area (Å²) >= 11 is 0. The average Bonchev–Trinajstić information content (AvgIpc) is 3.11. The Kier molecular flexibility index (Phi) is 6.01. The normalized spacial score (nSPS) is 15.8. The zero-order valence-electron chi connectivity index (χ0n) is 17.1. The maximum Gasteiger partial charge on any atom is 0.287 e. The van der Waals surface area contributed by atoms with Crippen molar-refractivity contribution in [2.45, 2.75) is 13.0 Å². The standard InChI is InChI=1S/C23H25FN2O4/c1-15-19-13-18(28-2)7-8-21(19)30-22(15)23(27)25-14-20(26-9-11-29-12-10-26)16-3-5-17(24)6-4-16/h3-8,13,20H,9-12,14H2,1-2H3,(H,25,27)/t20-/m0/s1. The van der Waals surface area contributed by atoms with Gasteiger partial charge in [-0.2, -0.15) is 0 Å². The fraction of sp³-hybridized carbons (Fsp3) is 0.348. The van der Waals surface area contributed by atoms with Gasteiger partial charge in [0.1, 0.15) is 17.1 Å². The lowest BCUT2D eigenvalue weighted by Gasteiger charge is -2.34. The van der Waals surface area contributed by atoms with Gasteiger partial charge in [0.2, 0.25) is 0 Å². The number of benzene rings is 2. The van der Waals surface area contributed by atoms with E-state index < -0.39 is 0 Å². The van der Waals surface area contributed by atoms with Gasteiger partial charge in [-0.15, -0.1) is 0 Å². The van der Waals surface area contributed by atoms with Crippen LogP contribution >= 0.6 is 0 Å². The van der Waals surface area contributed by atoms with Crippen molar-refractivity contribution in [2.24, 2.45) is 0 Å². The molecule has 1 amide bonds. The van der Waals surface area contributed by atoms with Crippen LogP contribution in [0.25, 0.3) is 11.0 Å². The minimum atomic E-state index is -0.281. The number of ether oxygens (including phenoxy) is 2. The number of morpholine rings is 1. The molecule has 0 bridgehead atoms. The third kappa shape index (κ3) is 4.17. The Bertz CT molecular complexity index is 1030. The maximum atomic E-state index is 13.4. The number of furan rings is 1. The number of nitrogens with one attached hydrogen (secondary N) is 1. The molecular formula is C23H25FN2O4. The van der Waals surface area contributed by atoms with Crippen molar-refractivity contribution in [3.05, 3.63) is 65.2 Å². The molecule has 4 rings (SSSR count). The summed E-state index contributed by atoms with van der Waals surface area (Å²) in [5, 5.41) is 3.85. The first-order valence-electron chi connectivity index (χ1n) is 9.99. The number of methoxy groups -OCH3 is 1. The molecule has 2 aromatic carbocycles. The quantitative estimate of drug-likeness (QED) is 0.669. The molecule has 7 heteroatoms. The highest BCUT2D eigenvalue weighted by Gasteiger charge is 2.25. The summed E-state index contributed by atoms with van der Waals surface area (Å²) in [4.78, 5) is 15.2. The fourth-order valence-corrected chi connectivity index (χ4v) is 3.85. The number of hydrogen-bond donors (Lipinski definition) is 1. The number of amides is 1. The van der Waals surface area contributed by atoms with Crippen molar-refractivity contribution in [2.75, 3.05) is 40.0 Å². The number of hydrogen-bond acceptors (Lipinski definition) is 5.